The van der Waals surface area contributed by atoms with Gasteiger partial charge in [-0.2, -0.15) is 5.10 Å². The molecule has 9 heteroatoms. The smallest absolute Gasteiger partial charge is 0.331 e. The number of anilines is 2. The van der Waals surface area contributed by atoms with E-state index in [4.69, 9.17) is 11.6 Å². The molecule has 7 nitrogen and oxygen atoms in total. The van der Waals surface area contributed by atoms with Gasteiger partial charge >= 0.3 is 6.03 Å². The molecule has 1 saturated carbocycles. The number of benzene rings is 1. The molecule has 2 fully saturated rings. The van der Waals surface area contributed by atoms with Crippen molar-refractivity contribution in [3.05, 3.63) is 40.4 Å². The second kappa shape index (κ2) is 7.28. The highest BCUT2D eigenvalue weighted by atomic mass is 35.5. The van der Waals surface area contributed by atoms with Crippen LogP contribution in [-0.2, 0) is 4.79 Å². The third-order valence-corrected chi connectivity index (χ3v) is 6.08. The SMILES string of the molecule is O=C1NC2(CCCCC2)C(=O)N1/N=C/c1sc(Nc2ccccc2)nc1Cl. The minimum absolute atomic E-state index is 0.265. The van der Waals surface area contributed by atoms with Crippen LogP contribution in [0.2, 0.25) is 5.15 Å². The lowest BCUT2D eigenvalue weighted by Crippen LogP contribution is -2.48. The van der Waals surface area contributed by atoms with Crippen molar-refractivity contribution in [2.45, 2.75) is 37.6 Å². The Hall–Kier alpha value is -2.45. The summed E-state index contributed by atoms with van der Waals surface area (Å²) in [5, 5.41) is 11.9. The molecule has 1 spiro atoms. The second-order valence-electron chi connectivity index (χ2n) is 6.60. The number of urea groups is 1. The zero-order valence-corrected chi connectivity index (χ0v) is 16.0. The summed E-state index contributed by atoms with van der Waals surface area (Å²) in [6.07, 6.45) is 5.68. The van der Waals surface area contributed by atoms with E-state index in [0.717, 1.165) is 30.0 Å². The van der Waals surface area contributed by atoms with E-state index in [-0.39, 0.29) is 11.1 Å². The minimum Gasteiger partial charge on any atom is -0.331 e. The van der Waals surface area contributed by atoms with Gasteiger partial charge in [-0.15, -0.1) is 5.01 Å². The van der Waals surface area contributed by atoms with Gasteiger partial charge in [0.05, 0.1) is 11.1 Å². The van der Waals surface area contributed by atoms with E-state index in [1.54, 1.807) is 0 Å². The lowest BCUT2D eigenvalue weighted by Gasteiger charge is -2.29. The molecule has 0 bridgehead atoms. The summed E-state index contributed by atoms with van der Waals surface area (Å²) in [5.74, 6) is -0.285. The molecule has 27 heavy (non-hydrogen) atoms. The molecule has 0 unspecified atom stereocenters. The fourth-order valence-corrected chi connectivity index (χ4v) is 4.45. The van der Waals surface area contributed by atoms with E-state index >= 15 is 0 Å². The number of hydrogen-bond donors (Lipinski definition) is 2. The molecule has 2 N–H and O–H groups in total. The number of hydrogen-bond acceptors (Lipinski definition) is 6. The fraction of sp³-hybridized carbons (Fsp3) is 0.333. The van der Waals surface area contributed by atoms with Crippen LogP contribution in [0.4, 0.5) is 15.6 Å². The van der Waals surface area contributed by atoms with Crippen molar-refractivity contribution in [3.8, 4) is 0 Å². The van der Waals surface area contributed by atoms with Crippen molar-refractivity contribution < 1.29 is 9.59 Å². The van der Waals surface area contributed by atoms with Gasteiger partial charge in [-0.05, 0) is 25.0 Å². The zero-order chi connectivity index (χ0) is 18.9. The second-order valence-corrected chi connectivity index (χ2v) is 7.99. The summed E-state index contributed by atoms with van der Waals surface area (Å²) in [6, 6.07) is 9.10. The lowest BCUT2D eigenvalue weighted by molar-refractivity contribution is -0.132. The number of para-hydroxylation sites is 1. The van der Waals surface area contributed by atoms with E-state index in [1.165, 1.54) is 17.6 Å². The highest BCUT2D eigenvalue weighted by Crippen LogP contribution is 2.34. The van der Waals surface area contributed by atoms with Gasteiger partial charge in [0.25, 0.3) is 5.91 Å². The molecule has 2 aliphatic rings. The molecular weight excluding hydrogens is 386 g/mol. The van der Waals surface area contributed by atoms with Crippen LogP contribution in [0, 0.1) is 0 Å². The van der Waals surface area contributed by atoms with Gasteiger partial charge < -0.3 is 10.6 Å². The number of thiazole rings is 1. The number of hydrazone groups is 1. The van der Waals surface area contributed by atoms with Gasteiger partial charge in [0.1, 0.15) is 5.54 Å². The monoisotopic (exact) mass is 403 g/mol. The first-order valence-corrected chi connectivity index (χ1v) is 9.96. The highest BCUT2D eigenvalue weighted by molar-refractivity contribution is 7.17. The Morgan fingerprint density at radius 3 is 2.70 bits per heavy atom. The first-order chi connectivity index (χ1) is 13.1. The van der Waals surface area contributed by atoms with Crippen molar-refractivity contribution in [2.75, 3.05) is 5.32 Å². The minimum atomic E-state index is -0.788. The summed E-state index contributed by atoms with van der Waals surface area (Å²) in [4.78, 5) is 29.8. The third-order valence-electron chi connectivity index (χ3n) is 4.77. The summed E-state index contributed by atoms with van der Waals surface area (Å²) in [7, 11) is 0. The number of amides is 3. The maximum atomic E-state index is 12.7. The molecule has 2 aromatic rings. The van der Waals surface area contributed by atoms with Gasteiger partial charge in [-0.1, -0.05) is 60.4 Å². The summed E-state index contributed by atoms with van der Waals surface area (Å²) in [6.45, 7) is 0. The third kappa shape index (κ3) is 3.54. The topological polar surface area (TPSA) is 86.7 Å². The predicted octanol–water partition coefficient (Wildman–Crippen LogP) is 4.13. The van der Waals surface area contributed by atoms with Crippen LogP contribution in [0.15, 0.2) is 35.4 Å². The van der Waals surface area contributed by atoms with E-state index in [2.05, 4.69) is 20.7 Å². The molecule has 1 aliphatic carbocycles. The van der Waals surface area contributed by atoms with Crippen LogP contribution in [0.25, 0.3) is 0 Å². The van der Waals surface area contributed by atoms with Crippen molar-refractivity contribution >= 4 is 51.9 Å². The van der Waals surface area contributed by atoms with E-state index in [1.807, 2.05) is 30.3 Å². The molecule has 1 aromatic heterocycles. The van der Waals surface area contributed by atoms with Crippen LogP contribution in [-0.4, -0.2) is 33.7 Å². The van der Waals surface area contributed by atoms with Crippen LogP contribution >= 0.6 is 22.9 Å². The Morgan fingerprint density at radius 2 is 1.96 bits per heavy atom. The number of imide groups is 1. The van der Waals surface area contributed by atoms with E-state index in [9.17, 15) is 9.59 Å². The highest BCUT2D eigenvalue weighted by Gasteiger charge is 2.51. The molecule has 1 aromatic carbocycles. The summed E-state index contributed by atoms with van der Waals surface area (Å²) in [5.41, 5.74) is 0.101. The predicted molar refractivity (Wildman–Crippen MR) is 106 cm³/mol. The average Bonchev–Trinajstić information content (AvgIpc) is 3.12. The van der Waals surface area contributed by atoms with E-state index < -0.39 is 11.6 Å². The molecule has 0 radical (unpaired) electrons. The Bertz CT molecular complexity index is 892. The number of rotatable bonds is 4. The number of aromatic nitrogens is 1. The van der Waals surface area contributed by atoms with Crippen molar-refractivity contribution in [2.24, 2.45) is 5.10 Å². The molecule has 1 saturated heterocycles. The van der Waals surface area contributed by atoms with Gasteiger partial charge in [-0.25, -0.2) is 9.78 Å². The van der Waals surface area contributed by atoms with Crippen LogP contribution in [0.3, 0.4) is 0 Å². The van der Waals surface area contributed by atoms with Gasteiger partial charge in [-0.3, -0.25) is 4.79 Å². The number of carbonyl (C=O) groups excluding carboxylic acids is 2. The van der Waals surface area contributed by atoms with Gasteiger partial charge in [0.15, 0.2) is 10.3 Å². The molecular formula is C18H18ClN5O2S. The van der Waals surface area contributed by atoms with Crippen molar-refractivity contribution in [1.29, 1.82) is 0 Å². The summed E-state index contributed by atoms with van der Waals surface area (Å²) < 4.78 is 0. The van der Waals surface area contributed by atoms with Gasteiger partial charge in [0.2, 0.25) is 0 Å². The Balaban J connectivity index is 1.49. The first-order valence-electron chi connectivity index (χ1n) is 8.76. The number of carbonyl (C=O) groups is 2. The molecule has 0 atom stereocenters. The maximum absolute atomic E-state index is 12.7. The Kier molecular flexibility index (Phi) is 4.84. The molecule has 1 aliphatic heterocycles. The molecule has 4 rings (SSSR count). The number of nitrogens with zero attached hydrogens (tertiary/aromatic N) is 3. The van der Waals surface area contributed by atoms with Crippen molar-refractivity contribution in [1.82, 2.24) is 15.3 Å². The number of halogens is 1. The Morgan fingerprint density at radius 1 is 1.22 bits per heavy atom. The summed E-state index contributed by atoms with van der Waals surface area (Å²) >= 11 is 7.47. The van der Waals surface area contributed by atoms with Crippen LogP contribution in [0.1, 0.15) is 37.0 Å². The van der Waals surface area contributed by atoms with Crippen LogP contribution < -0.4 is 10.6 Å². The fourth-order valence-electron chi connectivity index (χ4n) is 3.41. The molecule has 140 valence electrons. The zero-order valence-electron chi connectivity index (χ0n) is 14.4. The first kappa shape index (κ1) is 17.9. The van der Waals surface area contributed by atoms with Crippen LogP contribution in [0.5, 0.6) is 0 Å². The molecule has 3 amide bonds. The maximum Gasteiger partial charge on any atom is 0.346 e. The van der Waals surface area contributed by atoms with Crippen molar-refractivity contribution in [3.63, 3.8) is 0 Å². The lowest BCUT2D eigenvalue weighted by atomic mass is 9.82. The quantitative estimate of drug-likeness (QED) is 0.593. The average molecular weight is 404 g/mol. The van der Waals surface area contributed by atoms with E-state index in [0.29, 0.717) is 22.9 Å². The normalized spacial score (nSPS) is 19.1. The molecule has 2 heterocycles. The standard InChI is InChI=1S/C18H18ClN5O2S/c19-14-13(27-16(22-14)21-12-7-3-1-4-8-12)11-20-24-15(25)18(23-17(24)26)9-5-2-6-10-18/h1,3-4,7-8,11H,2,5-6,9-10H2,(H,21,22)(H,23,26)/b20-11+. The largest absolute Gasteiger partial charge is 0.346 e. The van der Waals surface area contributed by atoms with Gasteiger partial charge in [0, 0.05) is 5.69 Å². The number of nitrogens with one attached hydrogen (secondary N) is 2. The Labute approximate surface area is 165 Å².